The van der Waals surface area contributed by atoms with Crippen molar-refractivity contribution in [1.82, 2.24) is 0 Å². The molecule has 0 aliphatic rings. The summed E-state index contributed by atoms with van der Waals surface area (Å²) in [6, 6.07) is 11.7. The number of aliphatic hydroxyl groups excluding tert-OH is 1. The minimum Gasteiger partial charge on any atom is -0.493 e. The highest BCUT2D eigenvalue weighted by atomic mass is 35.5. The molecule has 0 aliphatic carbocycles. The van der Waals surface area contributed by atoms with Crippen molar-refractivity contribution in [2.24, 2.45) is 5.92 Å². The van der Waals surface area contributed by atoms with Crippen LogP contribution >= 0.6 is 34.8 Å². The first kappa shape index (κ1) is 27.1. The summed E-state index contributed by atoms with van der Waals surface area (Å²) < 4.78 is 17.1. The second kappa shape index (κ2) is 12.3. The van der Waals surface area contributed by atoms with E-state index in [-0.39, 0.29) is 24.0 Å². The normalized spacial score (nSPS) is 13.8. The van der Waals surface area contributed by atoms with Gasteiger partial charge >= 0.3 is 0 Å². The molecule has 2 rings (SSSR count). The summed E-state index contributed by atoms with van der Waals surface area (Å²) in [7, 11) is 0. The quantitative estimate of drug-likeness (QED) is 0.326. The zero-order chi connectivity index (χ0) is 23.9. The van der Waals surface area contributed by atoms with Crippen molar-refractivity contribution in [2.45, 2.75) is 52.2 Å². The lowest BCUT2D eigenvalue weighted by Gasteiger charge is -2.27. The van der Waals surface area contributed by atoms with E-state index in [1.807, 2.05) is 50.2 Å². The van der Waals surface area contributed by atoms with Crippen molar-refractivity contribution in [3.63, 3.8) is 0 Å². The predicted molar refractivity (Wildman–Crippen MR) is 133 cm³/mol. The second-order valence-electron chi connectivity index (χ2n) is 8.84. The van der Waals surface area contributed by atoms with E-state index in [2.05, 4.69) is 20.8 Å². The number of alkyl halides is 1. The Kier molecular flexibility index (Phi) is 10.4. The lowest BCUT2D eigenvalue weighted by molar-refractivity contribution is 0.0427. The van der Waals surface area contributed by atoms with Crippen molar-refractivity contribution < 1.29 is 19.3 Å². The van der Waals surface area contributed by atoms with Crippen LogP contribution in [0.15, 0.2) is 36.4 Å². The minimum atomic E-state index is -0.786. The topological polar surface area (TPSA) is 47.9 Å². The molecule has 178 valence electrons. The average Bonchev–Trinajstić information content (AvgIpc) is 2.75. The Bertz CT molecular complexity index is 830. The zero-order valence-electron chi connectivity index (χ0n) is 19.3. The molecule has 0 aromatic heterocycles. The molecule has 2 unspecified atom stereocenters. The summed E-state index contributed by atoms with van der Waals surface area (Å²) in [5.74, 6) is 1.55. The van der Waals surface area contributed by atoms with Gasteiger partial charge in [-0.05, 0) is 49.2 Å². The van der Waals surface area contributed by atoms with Gasteiger partial charge in [0.2, 0.25) is 0 Å². The van der Waals surface area contributed by atoms with Crippen LogP contribution in [0.4, 0.5) is 0 Å². The van der Waals surface area contributed by atoms with Gasteiger partial charge in [0.15, 0.2) is 5.75 Å². The Labute approximate surface area is 206 Å². The first-order valence-corrected chi connectivity index (χ1v) is 12.0. The molecule has 0 amide bonds. The van der Waals surface area contributed by atoms with Crippen LogP contribution < -0.4 is 9.47 Å². The first-order chi connectivity index (χ1) is 15.0. The van der Waals surface area contributed by atoms with Gasteiger partial charge in [-0.25, -0.2) is 0 Å². The summed E-state index contributed by atoms with van der Waals surface area (Å²) in [6.07, 6.45) is -0.565. The summed E-state index contributed by atoms with van der Waals surface area (Å²) in [5.41, 5.74) is 1.70. The number of benzene rings is 2. The van der Waals surface area contributed by atoms with Crippen LogP contribution in [0.3, 0.4) is 0 Å². The fourth-order valence-electron chi connectivity index (χ4n) is 3.06. The van der Waals surface area contributed by atoms with Crippen molar-refractivity contribution in [1.29, 1.82) is 0 Å². The third-order valence-electron chi connectivity index (χ3n) is 5.14. The molecule has 0 saturated heterocycles. The van der Waals surface area contributed by atoms with Gasteiger partial charge in [0.25, 0.3) is 0 Å². The zero-order valence-corrected chi connectivity index (χ0v) is 21.6. The predicted octanol–water partition coefficient (Wildman–Crippen LogP) is 6.74. The van der Waals surface area contributed by atoms with Crippen molar-refractivity contribution >= 4 is 34.8 Å². The van der Waals surface area contributed by atoms with Gasteiger partial charge in [-0.1, -0.05) is 56.1 Å². The number of ether oxygens (including phenoxy) is 3. The SMILES string of the molecule is CC(COc1ccc(C(C)(C)c2cc(Cl)c(OCC(O)CCl)c(Cl)c2)cc1)COC(C)C. The lowest BCUT2D eigenvalue weighted by atomic mass is 9.78. The van der Waals surface area contributed by atoms with Crippen LogP contribution in [0.1, 0.15) is 45.7 Å². The first-order valence-electron chi connectivity index (χ1n) is 10.8. The molecule has 0 bridgehead atoms. The molecule has 1 N–H and O–H groups in total. The van der Waals surface area contributed by atoms with E-state index in [4.69, 9.17) is 49.0 Å². The summed E-state index contributed by atoms with van der Waals surface area (Å²) in [5, 5.41) is 10.4. The molecule has 2 atom stereocenters. The molecule has 2 aromatic carbocycles. The standard InChI is InChI=1S/C25H33Cl3O4/c1-16(2)30-13-17(3)14-31-21-8-6-18(7-9-21)25(4,5)19-10-22(27)24(23(28)11-19)32-15-20(29)12-26/h6-11,16-17,20,29H,12-15H2,1-5H3. The Hall–Kier alpha value is -1.17. The maximum atomic E-state index is 9.61. The molecule has 0 heterocycles. The maximum Gasteiger partial charge on any atom is 0.156 e. The van der Waals surface area contributed by atoms with E-state index < -0.39 is 6.10 Å². The van der Waals surface area contributed by atoms with Gasteiger partial charge in [0.05, 0.1) is 35.2 Å². The molecule has 0 saturated carbocycles. The number of aliphatic hydroxyl groups is 1. The Morgan fingerprint density at radius 1 is 0.875 bits per heavy atom. The average molecular weight is 504 g/mol. The second-order valence-corrected chi connectivity index (χ2v) is 9.96. The van der Waals surface area contributed by atoms with Gasteiger partial charge in [0, 0.05) is 11.3 Å². The Balaban J connectivity index is 2.09. The van der Waals surface area contributed by atoms with E-state index in [0.717, 1.165) is 16.9 Å². The molecular weight excluding hydrogens is 471 g/mol. The monoisotopic (exact) mass is 502 g/mol. The van der Waals surface area contributed by atoms with Gasteiger partial charge < -0.3 is 19.3 Å². The van der Waals surface area contributed by atoms with Crippen molar-refractivity contribution in [2.75, 3.05) is 25.7 Å². The molecule has 0 spiro atoms. The highest BCUT2D eigenvalue weighted by Gasteiger charge is 2.26. The number of rotatable bonds is 12. The molecule has 0 fully saturated rings. The van der Waals surface area contributed by atoms with E-state index >= 15 is 0 Å². The van der Waals surface area contributed by atoms with Crippen LogP contribution in [-0.2, 0) is 10.2 Å². The largest absolute Gasteiger partial charge is 0.493 e. The van der Waals surface area contributed by atoms with Crippen LogP contribution in [0.2, 0.25) is 10.0 Å². The summed E-state index contributed by atoms with van der Waals surface area (Å²) in [4.78, 5) is 0. The molecule has 2 aromatic rings. The highest BCUT2D eigenvalue weighted by molar-refractivity contribution is 6.37. The maximum absolute atomic E-state index is 9.61. The van der Waals surface area contributed by atoms with E-state index in [1.54, 1.807) is 0 Å². The summed E-state index contributed by atoms with van der Waals surface area (Å²) in [6.45, 7) is 11.7. The van der Waals surface area contributed by atoms with Gasteiger partial charge in [-0.2, -0.15) is 0 Å². The van der Waals surface area contributed by atoms with Crippen LogP contribution in [0, 0.1) is 5.92 Å². The molecule has 0 aliphatic heterocycles. The Morgan fingerprint density at radius 2 is 1.47 bits per heavy atom. The van der Waals surface area contributed by atoms with Gasteiger partial charge in [-0.3, -0.25) is 0 Å². The Morgan fingerprint density at radius 3 is 2.00 bits per heavy atom. The van der Waals surface area contributed by atoms with Gasteiger partial charge in [-0.15, -0.1) is 11.6 Å². The number of halogens is 3. The van der Waals surface area contributed by atoms with E-state index in [0.29, 0.717) is 34.9 Å². The number of hydrogen-bond acceptors (Lipinski definition) is 4. The van der Waals surface area contributed by atoms with Crippen LogP contribution in [-0.4, -0.2) is 43.0 Å². The number of hydrogen-bond donors (Lipinski definition) is 1. The third kappa shape index (κ3) is 7.71. The van der Waals surface area contributed by atoms with E-state index in [1.165, 1.54) is 0 Å². The van der Waals surface area contributed by atoms with Crippen molar-refractivity contribution in [3.8, 4) is 11.5 Å². The lowest BCUT2D eigenvalue weighted by Crippen LogP contribution is -2.21. The highest BCUT2D eigenvalue weighted by Crippen LogP contribution is 2.40. The smallest absolute Gasteiger partial charge is 0.156 e. The van der Waals surface area contributed by atoms with Crippen molar-refractivity contribution in [3.05, 3.63) is 57.6 Å². The van der Waals surface area contributed by atoms with Gasteiger partial charge in [0.1, 0.15) is 18.5 Å². The fraction of sp³-hybridized carbons (Fsp3) is 0.520. The molecule has 32 heavy (non-hydrogen) atoms. The third-order valence-corrected chi connectivity index (χ3v) is 6.06. The fourth-order valence-corrected chi connectivity index (χ4v) is 3.75. The molecule has 0 radical (unpaired) electrons. The molecule has 7 heteroatoms. The van der Waals surface area contributed by atoms with E-state index in [9.17, 15) is 5.11 Å². The van der Waals surface area contributed by atoms with Crippen LogP contribution in [0.5, 0.6) is 11.5 Å². The van der Waals surface area contributed by atoms with Crippen LogP contribution in [0.25, 0.3) is 0 Å². The minimum absolute atomic E-state index is 0.0232. The summed E-state index contributed by atoms with van der Waals surface area (Å²) >= 11 is 18.5. The molecule has 4 nitrogen and oxygen atoms in total. The molecular formula is C25H33Cl3O4.